The standard InChI is InChI=1S/C11H12N2O2S/c1-7(14)5-12-11(15)8-2-3-9-10(4-8)16-6-13-9/h2-4,6-7,14H,5H2,1H3,(H,12,15)/t7-/m0/s1. The second kappa shape index (κ2) is 4.59. The van der Waals surface area contributed by atoms with E-state index < -0.39 is 6.10 Å². The highest BCUT2D eigenvalue weighted by Gasteiger charge is 2.07. The zero-order chi connectivity index (χ0) is 11.5. The third kappa shape index (κ3) is 2.37. The summed E-state index contributed by atoms with van der Waals surface area (Å²) < 4.78 is 0.990. The number of aliphatic hydroxyl groups excluding tert-OH is 1. The van der Waals surface area contributed by atoms with Crippen molar-refractivity contribution in [3.05, 3.63) is 29.3 Å². The highest BCUT2D eigenvalue weighted by atomic mass is 32.1. The molecule has 0 aliphatic carbocycles. The Bertz CT molecular complexity index is 507. The second-order valence-corrected chi connectivity index (χ2v) is 4.48. The number of carbonyl (C=O) groups is 1. The first-order valence-electron chi connectivity index (χ1n) is 4.96. The third-order valence-electron chi connectivity index (χ3n) is 2.15. The number of aliphatic hydroxyl groups is 1. The Morgan fingerprint density at radius 1 is 1.62 bits per heavy atom. The highest BCUT2D eigenvalue weighted by molar-refractivity contribution is 7.16. The number of nitrogens with zero attached hydrogens (tertiary/aromatic N) is 1. The van der Waals surface area contributed by atoms with E-state index in [1.165, 1.54) is 11.3 Å². The molecule has 1 aromatic heterocycles. The smallest absolute Gasteiger partial charge is 0.251 e. The van der Waals surface area contributed by atoms with Gasteiger partial charge in [0.2, 0.25) is 0 Å². The van der Waals surface area contributed by atoms with Gasteiger partial charge in [-0.15, -0.1) is 11.3 Å². The van der Waals surface area contributed by atoms with Crippen LogP contribution in [0.2, 0.25) is 0 Å². The number of rotatable bonds is 3. The lowest BCUT2D eigenvalue weighted by Gasteiger charge is -2.06. The van der Waals surface area contributed by atoms with Gasteiger partial charge in [-0.1, -0.05) is 0 Å². The van der Waals surface area contributed by atoms with Gasteiger partial charge in [0.15, 0.2) is 0 Å². The van der Waals surface area contributed by atoms with E-state index in [4.69, 9.17) is 5.11 Å². The van der Waals surface area contributed by atoms with Crippen LogP contribution < -0.4 is 5.32 Å². The molecule has 2 N–H and O–H groups in total. The molecular formula is C11H12N2O2S. The van der Waals surface area contributed by atoms with E-state index in [-0.39, 0.29) is 12.5 Å². The largest absolute Gasteiger partial charge is 0.392 e. The van der Waals surface area contributed by atoms with Gasteiger partial charge in [0, 0.05) is 12.1 Å². The summed E-state index contributed by atoms with van der Waals surface area (Å²) in [6, 6.07) is 5.37. The maximum atomic E-state index is 11.7. The Hall–Kier alpha value is -1.46. The van der Waals surface area contributed by atoms with E-state index in [0.29, 0.717) is 5.56 Å². The predicted octanol–water partition coefficient (Wildman–Crippen LogP) is 1.41. The molecule has 0 aliphatic rings. The Kier molecular flexibility index (Phi) is 3.17. The van der Waals surface area contributed by atoms with E-state index in [1.54, 1.807) is 18.5 Å². The van der Waals surface area contributed by atoms with Crippen LogP contribution in [0.15, 0.2) is 23.7 Å². The molecule has 0 saturated heterocycles. The molecule has 1 aromatic carbocycles. The molecule has 0 unspecified atom stereocenters. The number of amides is 1. The quantitative estimate of drug-likeness (QED) is 0.847. The van der Waals surface area contributed by atoms with Gasteiger partial charge in [0.05, 0.1) is 21.8 Å². The summed E-state index contributed by atoms with van der Waals surface area (Å²) in [5.41, 5.74) is 3.25. The van der Waals surface area contributed by atoms with Gasteiger partial charge in [0.25, 0.3) is 5.91 Å². The van der Waals surface area contributed by atoms with Crippen LogP contribution in [0.25, 0.3) is 10.2 Å². The first kappa shape index (κ1) is 11.0. The topological polar surface area (TPSA) is 62.2 Å². The van der Waals surface area contributed by atoms with Crippen molar-refractivity contribution in [2.45, 2.75) is 13.0 Å². The van der Waals surface area contributed by atoms with Crippen molar-refractivity contribution in [2.24, 2.45) is 0 Å². The van der Waals surface area contributed by atoms with Gasteiger partial charge in [-0.25, -0.2) is 4.98 Å². The fourth-order valence-corrected chi connectivity index (χ4v) is 2.06. The normalized spacial score (nSPS) is 12.6. The van der Waals surface area contributed by atoms with E-state index in [9.17, 15) is 4.79 Å². The summed E-state index contributed by atoms with van der Waals surface area (Å²) in [6.45, 7) is 1.90. The minimum absolute atomic E-state index is 0.170. The van der Waals surface area contributed by atoms with Crippen molar-refractivity contribution in [2.75, 3.05) is 6.54 Å². The van der Waals surface area contributed by atoms with Gasteiger partial charge < -0.3 is 10.4 Å². The molecule has 0 spiro atoms. The van der Waals surface area contributed by atoms with E-state index in [2.05, 4.69) is 10.3 Å². The molecule has 0 aliphatic heterocycles. The number of hydrogen-bond donors (Lipinski definition) is 2. The number of benzene rings is 1. The molecule has 2 rings (SSSR count). The third-order valence-corrected chi connectivity index (χ3v) is 2.94. The number of hydrogen-bond acceptors (Lipinski definition) is 4. The van der Waals surface area contributed by atoms with Crippen LogP contribution in [0.5, 0.6) is 0 Å². The van der Waals surface area contributed by atoms with Crippen molar-refractivity contribution in [3.8, 4) is 0 Å². The fourth-order valence-electron chi connectivity index (χ4n) is 1.34. The van der Waals surface area contributed by atoms with Crippen molar-refractivity contribution in [1.29, 1.82) is 0 Å². The molecular weight excluding hydrogens is 224 g/mol. The number of carbonyl (C=O) groups excluding carboxylic acids is 1. The molecule has 1 atom stereocenters. The predicted molar refractivity (Wildman–Crippen MR) is 63.6 cm³/mol. The monoisotopic (exact) mass is 236 g/mol. The number of thiazole rings is 1. The number of aromatic nitrogens is 1. The van der Waals surface area contributed by atoms with E-state index >= 15 is 0 Å². The second-order valence-electron chi connectivity index (χ2n) is 3.59. The molecule has 0 fully saturated rings. The molecule has 0 bridgehead atoms. The summed E-state index contributed by atoms with van der Waals surface area (Å²) in [5.74, 6) is -0.170. The average Bonchev–Trinajstić information content (AvgIpc) is 2.72. The Morgan fingerprint density at radius 2 is 2.44 bits per heavy atom. The van der Waals surface area contributed by atoms with Crippen LogP contribution in [0.4, 0.5) is 0 Å². The maximum absolute atomic E-state index is 11.7. The first-order chi connectivity index (χ1) is 7.66. The average molecular weight is 236 g/mol. The lowest BCUT2D eigenvalue weighted by molar-refractivity contribution is 0.0924. The van der Waals surface area contributed by atoms with Crippen molar-refractivity contribution < 1.29 is 9.90 Å². The zero-order valence-electron chi connectivity index (χ0n) is 8.80. The summed E-state index contributed by atoms with van der Waals surface area (Å²) in [7, 11) is 0. The minimum atomic E-state index is -0.531. The summed E-state index contributed by atoms with van der Waals surface area (Å²) in [6.07, 6.45) is -0.531. The molecule has 0 saturated carbocycles. The van der Waals surface area contributed by atoms with Gasteiger partial charge >= 0.3 is 0 Å². The zero-order valence-corrected chi connectivity index (χ0v) is 9.62. The summed E-state index contributed by atoms with van der Waals surface area (Å²) in [5, 5.41) is 11.7. The molecule has 2 aromatic rings. The molecule has 16 heavy (non-hydrogen) atoms. The molecule has 4 nitrogen and oxygen atoms in total. The molecule has 1 amide bonds. The van der Waals surface area contributed by atoms with Gasteiger partial charge in [-0.3, -0.25) is 4.79 Å². The van der Waals surface area contributed by atoms with Crippen LogP contribution in [0.1, 0.15) is 17.3 Å². The van der Waals surface area contributed by atoms with Gasteiger partial charge in [-0.05, 0) is 25.1 Å². The fraction of sp³-hybridized carbons (Fsp3) is 0.273. The van der Waals surface area contributed by atoms with Gasteiger partial charge in [0.1, 0.15) is 0 Å². The Balaban J connectivity index is 2.16. The molecule has 84 valence electrons. The van der Waals surface area contributed by atoms with E-state index in [0.717, 1.165) is 10.2 Å². The van der Waals surface area contributed by atoms with Crippen molar-refractivity contribution in [3.63, 3.8) is 0 Å². The minimum Gasteiger partial charge on any atom is -0.392 e. The van der Waals surface area contributed by atoms with Crippen LogP contribution in [0.3, 0.4) is 0 Å². The lowest BCUT2D eigenvalue weighted by Crippen LogP contribution is -2.30. The summed E-state index contributed by atoms with van der Waals surface area (Å²) in [4.78, 5) is 15.8. The number of nitrogens with one attached hydrogen (secondary N) is 1. The maximum Gasteiger partial charge on any atom is 0.251 e. The van der Waals surface area contributed by atoms with Crippen LogP contribution in [-0.4, -0.2) is 28.6 Å². The van der Waals surface area contributed by atoms with Crippen LogP contribution in [-0.2, 0) is 0 Å². The molecule has 5 heteroatoms. The molecule has 0 radical (unpaired) electrons. The molecule has 1 heterocycles. The van der Waals surface area contributed by atoms with E-state index in [1.807, 2.05) is 12.1 Å². The van der Waals surface area contributed by atoms with Gasteiger partial charge in [-0.2, -0.15) is 0 Å². The van der Waals surface area contributed by atoms with Crippen molar-refractivity contribution in [1.82, 2.24) is 10.3 Å². The SMILES string of the molecule is C[C@H](O)CNC(=O)c1ccc2ncsc2c1. The number of fused-ring (bicyclic) bond motifs is 1. The highest BCUT2D eigenvalue weighted by Crippen LogP contribution is 2.18. The summed E-state index contributed by atoms with van der Waals surface area (Å²) >= 11 is 1.50. The Labute approximate surface area is 96.9 Å². The first-order valence-corrected chi connectivity index (χ1v) is 5.84. The Morgan fingerprint density at radius 3 is 3.19 bits per heavy atom. The van der Waals surface area contributed by atoms with Crippen LogP contribution >= 0.6 is 11.3 Å². The van der Waals surface area contributed by atoms with Crippen molar-refractivity contribution >= 4 is 27.5 Å². The van der Waals surface area contributed by atoms with Crippen LogP contribution in [0, 0.1) is 0 Å². The lowest BCUT2D eigenvalue weighted by atomic mass is 10.2.